The van der Waals surface area contributed by atoms with Gasteiger partial charge in [-0.1, -0.05) is 48.0 Å². The van der Waals surface area contributed by atoms with Crippen LogP contribution in [0.1, 0.15) is 11.6 Å². The van der Waals surface area contributed by atoms with Crippen molar-refractivity contribution in [3.05, 3.63) is 71.4 Å². The Morgan fingerprint density at radius 3 is 2.70 bits per heavy atom. The highest BCUT2D eigenvalue weighted by atomic mass is 35.5. The van der Waals surface area contributed by atoms with Gasteiger partial charge in [0.2, 0.25) is 5.91 Å². The van der Waals surface area contributed by atoms with Crippen LogP contribution in [0.2, 0.25) is 5.02 Å². The van der Waals surface area contributed by atoms with Crippen LogP contribution in [-0.2, 0) is 11.3 Å². The zero-order chi connectivity index (χ0) is 16.2. The first-order chi connectivity index (χ1) is 11.2. The second-order valence-corrected chi connectivity index (χ2v) is 5.80. The minimum Gasteiger partial charge on any atom is -0.394 e. The first-order valence-electron chi connectivity index (χ1n) is 7.37. The third-order valence-corrected chi connectivity index (χ3v) is 4.00. The van der Waals surface area contributed by atoms with Crippen molar-refractivity contribution in [1.82, 2.24) is 9.88 Å². The van der Waals surface area contributed by atoms with Crippen LogP contribution in [0.4, 0.5) is 0 Å². The highest BCUT2D eigenvalue weighted by Crippen LogP contribution is 2.20. The minimum absolute atomic E-state index is 0.145. The molecule has 1 heterocycles. The van der Waals surface area contributed by atoms with E-state index in [1.807, 2.05) is 65.4 Å². The van der Waals surface area contributed by atoms with Gasteiger partial charge in [0.25, 0.3) is 0 Å². The topological polar surface area (TPSA) is 54.3 Å². The van der Waals surface area contributed by atoms with Crippen LogP contribution in [0.15, 0.2) is 60.8 Å². The molecule has 1 unspecified atom stereocenters. The van der Waals surface area contributed by atoms with Crippen LogP contribution < -0.4 is 5.32 Å². The Balaban J connectivity index is 1.74. The van der Waals surface area contributed by atoms with Gasteiger partial charge in [-0.3, -0.25) is 4.79 Å². The van der Waals surface area contributed by atoms with Gasteiger partial charge in [-0.25, -0.2) is 0 Å². The van der Waals surface area contributed by atoms with Gasteiger partial charge < -0.3 is 15.0 Å². The molecule has 3 rings (SSSR count). The number of rotatable bonds is 5. The molecule has 0 spiro atoms. The molecule has 23 heavy (non-hydrogen) atoms. The van der Waals surface area contributed by atoms with Crippen molar-refractivity contribution in [1.29, 1.82) is 0 Å². The third kappa shape index (κ3) is 3.55. The predicted octanol–water partition coefficient (Wildman–Crippen LogP) is 3.14. The number of fused-ring (bicyclic) bond motifs is 1. The number of nitrogens with one attached hydrogen (secondary N) is 1. The molecule has 2 aromatic carbocycles. The lowest BCUT2D eigenvalue weighted by Gasteiger charge is -2.17. The average Bonchev–Trinajstić information content (AvgIpc) is 2.95. The van der Waals surface area contributed by atoms with E-state index < -0.39 is 6.04 Å². The van der Waals surface area contributed by atoms with E-state index in [0.717, 1.165) is 16.5 Å². The summed E-state index contributed by atoms with van der Waals surface area (Å²) in [7, 11) is 0. The van der Waals surface area contributed by atoms with Crippen molar-refractivity contribution >= 4 is 28.4 Å². The van der Waals surface area contributed by atoms with Gasteiger partial charge in [-0.05, 0) is 29.1 Å². The zero-order valence-corrected chi connectivity index (χ0v) is 13.2. The Hall–Kier alpha value is -2.30. The van der Waals surface area contributed by atoms with Crippen LogP contribution in [0.5, 0.6) is 0 Å². The van der Waals surface area contributed by atoms with E-state index in [1.54, 1.807) is 0 Å². The normalized spacial score (nSPS) is 12.3. The maximum Gasteiger partial charge on any atom is 0.240 e. The molecule has 4 nitrogen and oxygen atoms in total. The maximum atomic E-state index is 12.3. The van der Waals surface area contributed by atoms with Crippen LogP contribution in [0, 0.1) is 0 Å². The Bertz CT molecular complexity index is 814. The second-order valence-electron chi connectivity index (χ2n) is 5.36. The standard InChI is InChI=1S/C18H17ClN2O2/c19-15-7-6-14-8-9-21(17(14)10-15)11-18(23)20-16(12-22)13-4-2-1-3-5-13/h1-10,16,22H,11-12H2,(H,20,23). The summed E-state index contributed by atoms with van der Waals surface area (Å²) in [6, 6.07) is 16.5. The van der Waals surface area contributed by atoms with Gasteiger partial charge in [0.1, 0.15) is 6.54 Å². The molecule has 0 saturated heterocycles. The van der Waals surface area contributed by atoms with E-state index >= 15 is 0 Å². The summed E-state index contributed by atoms with van der Waals surface area (Å²) < 4.78 is 1.84. The molecule has 0 aliphatic heterocycles. The molecule has 118 valence electrons. The van der Waals surface area contributed by atoms with Gasteiger partial charge in [0, 0.05) is 16.7 Å². The first-order valence-corrected chi connectivity index (χ1v) is 7.75. The largest absolute Gasteiger partial charge is 0.394 e. The van der Waals surface area contributed by atoms with E-state index in [9.17, 15) is 9.90 Å². The summed E-state index contributed by atoms with van der Waals surface area (Å²) >= 11 is 6.02. The summed E-state index contributed by atoms with van der Waals surface area (Å²) in [5.74, 6) is -0.162. The van der Waals surface area contributed by atoms with Crippen molar-refractivity contribution in [2.45, 2.75) is 12.6 Å². The number of hydrogen-bond donors (Lipinski definition) is 2. The van der Waals surface area contributed by atoms with Gasteiger partial charge in [-0.15, -0.1) is 0 Å². The number of aromatic nitrogens is 1. The number of benzene rings is 2. The quantitative estimate of drug-likeness (QED) is 0.756. The van der Waals surface area contributed by atoms with Gasteiger partial charge in [0.15, 0.2) is 0 Å². The highest BCUT2D eigenvalue weighted by Gasteiger charge is 2.14. The lowest BCUT2D eigenvalue weighted by Crippen LogP contribution is -2.33. The van der Waals surface area contributed by atoms with Gasteiger partial charge >= 0.3 is 0 Å². The SMILES string of the molecule is O=C(Cn1ccc2ccc(Cl)cc21)NC(CO)c1ccccc1. The summed E-state index contributed by atoms with van der Waals surface area (Å²) in [4.78, 5) is 12.3. The van der Waals surface area contributed by atoms with E-state index in [-0.39, 0.29) is 19.1 Å². The fraction of sp³-hybridized carbons (Fsp3) is 0.167. The Morgan fingerprint density at radius 2 is 1.96 bits per heavy atom. The van der Waals surface area contributed by atoms with Crippen LogP contribution in [-0.4, -0.2) is 22.2 Å². The third-order valence-electron chi connectivity index (χ3n) is 3.77. The molecule has 0 saturated carbocycles. The number of carbonyl (C=O) groups is 1. The highest BCUT2D eigenvalue weighted by molar-refractivity contribution is 6.31. The van der Waals surface area contributed by atoms with Crippen molar-refractivity contribution in [2.75, 3.05) is 6.61 Å². The lowest BCUT2D eigenvalue weighted by atomic mass is 10.1. The van der Waals surface area contributed by atoms with E-state index in [4.69, 9.17) is 11.6 Å². The average molecular weight is 329 g/mol. The molecular weight excluding hydrogens is 312 g/mol. The predicted molar refractivity (Wildman–Crippen MR) is 91.4 cm³/mol. The second kappa shape index (κ2) is 6.86. The molecule has 0 aliphatic carbocycles. The number of aliphatic hydroxyl groups is 1. The van der Waals surface area contributed by atoms with Crippen molar-refractivity contribution in [3.8, 4) is 0 Å². The van der Waals surface area contributed by atoms with Crippen molar-refractivity contribution in [2.24, 2.45) is 0 Å². The molecule has 1 amide bonds. The van der Waals surface area contributed by atoms with E-state index in [0.29, 0.717) is 5.02 Å². The number of carbonyl (C=O) groups excluding carboxylic acids is 1. The monoisotopic (exact) mass is 328 g/mol. The van der Waals surface area contributed by atoms with E-state index in [1.165, 1.54) is 0 Å². The summed E-state index contributed by atoms with van der Waals surface area (Å²) in [6.45, 7) is 0.0290. The molecule has 3 aromatic rings. The summed E-state index contributed by atoms with van der Waals surface area (Å²) in [5, 5.41) is 14.0. The number of nitrogens with zero attached hydrogens (tertiary/aromatic N) is 1. The summed E-state index contributed by atoms with van der Waals surface area (Å²) in [6.07, 6.45) is 1.86. The number of halogens is 1. The fourth-order valence-electron chi connectivity index (χ4n) is 2.61. The lowest BCUT2D eigenvalue weighted by molar-refractivity contribution is -0.122. The fourth-order valence-corrected chi connectivity index (χ4v) is 2.78. The first kappa shape index (κ1) is 15.6. The minimum atomic E-state index is -0.408. The zero-order valence-electron chi connectivity index (χ0n) is 12.4. The van der Waals surface area contributed by atoms with Crippen LogP contribution >= 0.6 is 11.6 Å². The van der Waals surface area contributed by atoms with Gasteiger partial charge in [0.05, 0.1) is 12.6 Å². The Labute approximate surface area is 139 Å². The Kier molecular flexibility index (Phi) is 4.65. The van der Waals surface area contributed by atoms with Crippen LogP contribution in [0.25, 0.3) is 10.9 Å². The molecule has 1 atom stereocenters. The molecule has 2 N–H and O–H groups in total. The number of amides is 1. The van der Waals surface area contributed by atoms with Crippen molar-refractivity contribution in [3.63, 3.8) is 0 Å². The number of aliphatic hydroxyl groups excluding tert-OH is 1. The number of hydrogen-bond acceptors (Lipinski definition) is 2. The summed E-state index contributed by atoms with van der Waals surface area (Å²) in [5.41, 5.74) is 1.79. The van der Waals surface area contributed by atoms with Crippen molar-refractivity contribution < 1.29 is 9.90 Å². The molecule has 5 heteroatoms. The van der Waals surface area contributed by atoms with Crippen LogP contribution in [0.3, 0.4) is 0 Å². The molecular formula is C18H17ClN2O2. The Morgan fingerprint density at radius 1 is 1.17 bits per heavy atom. The van der Waals surface area contributed by atoms with Gasteiger partial charge in [-0.2, -0.15) is 0 Å². The molecule has 0 bridgehead atoms. The smallest absolute Gasteiger partial charge is 0.240 e. The maximum absolute atomic E-state index is 12.3. The van der Waals surface area contributed by atoms with E-state index in [2.05, 4.69) is 5.32 Å². The molecule has 0 radical (unpaired) electrons. The molecule has 0 aliphatic rings. The molecule has 1 aromatic heterocycles. The molecule has 0 fully saturated rings.